The van der Waals surface area contributed by atoms with Crippen molar-refractivity contribution in [3.63, 3.8) is 0 Å². The van der Waals surface area contributed by atoms with Gasteiger partial charge in [0.25, 0.3) is 0 Å². The Labute approximate surface area is 180 Å². The average Bonchev–Trinajstić information content (AvgIpc) is 3.17. The Kier molecular flexibility index (Phi) is 6.71. The average molecular weight is 447 g/mol. The minimum absolute atomic E-state index is 0.528. The lowest BCUT2D eigenvalue weighted by Crippen LogP contribution is -2.46. The number of methoxy groups -OCH3 is 1. The molecule has 0 aliphatic carbocycles. The number of para-hydroxylation sites is 1. The van der Waals surface area contributed by atoms with Crippen LogP contribution in [0.4, 0.5) is 4.39 Å². The second-order valence-corrected chi connectivity index (χ2v) is 8.54. The van der Waals surface area contributed by atoms with Gasteiger partial charge in [-0.3, -0.25) is 4.79 Å². The zero-order chi connectivity index (χ0) is 22.6. The lowest BCUT2D eigenvalue weighted by atomic mass is 10.0. The van der Waals surface area contributed by atoms with E-state index in [0.29, 0.717) is 17.1 Å². The highest BCUT2D eigenvalue weighted by atomic mass is 32.2. The van der Waals surface area contributed by atoms with Crippen LogP contribution in [0.15, 0.2) is 65.8 Å². The highest BCUT2D eigenvalue weighted by Gasteiger charge is 2.29. The number of aromatic nitrogens is 2. The first-order valence-electron chi connectivity index (χ1n) is 9.42. The molecule has 0 radical (unpaired) electrons. The SMILES string of the molecule is COc1ccccc1[C@H](NC(=O)[C@@H](C)NS(=O)(=O)c1ccccc1F)c1nccn1C. The van der Waals surface area contributed by atoms with Crippen molar-refractivity contribution in [3.8, 4) is 5.75 Å². The molecule has 0 saturated heterocycles. The van der Waals surface area contributed by atoms with E-state index < -0.39 is 38.7 Å². The lowest BCUT2D eigenvalue weighted by molar-refractivity contribution is -0.122. The highest BCUT2D eigenvalue weighted by molar-refractivity contribution is 7.89. The van der Waals surface area contributed by atoms with Crippen molar-refractivity contribution in [1.82, 2.24) is 19.6 Å². The van der Waals surface area contributed by atoms with Crippen molar-refractivity contribution in [2.45, 2.75) is 23.9 Å². The molecule has 8 nitrogen and oxygen atoms in total. The smallest absolute Gasteiger partial charge is 0.244 e. The summed E-state index contributed by atoms with van der Waals surface area (Å²) >= 11 is 0. The van der Waals surface area contributed by atoms with E-state index in [-0.39, 0.29) is 0 Å². The first kappa shape index (κ1) is 22.4. The van der Waals surface area contributed by atoms with Crippen molar-refractivity contribution in [1.29, 1.82) is 0 Å². The molecule has 2 aromatic carbocycles. The number of nitrogens with one attached hydrogen (secondary N) is 2. The van der Waals surface area contributed by atoms with Crippen molar-refractivity contribution >= 4 is 15.9 Å². The number of nitrogens with zero attached hydrogens (tertiary/aromatic N) is 2. The van der Waals surface area contributed by atoms with Gasteiger partial charge in [-0.25, -0.2) is 17.8 Å². The Morgan fingerprint density at radius 2 is 1.84 bits per heavy atom. The number of hydrogen-bond acceptors (Lipinski definition) is 5. The molecule has 0 spiro atoms. The van der Waals surface area contributed by atoms with E-state index in [9.17, 15) is 17.6 Å². The van der Waals surface area contributed by atoms with Gasteiger partial charge in [0.15, 0.2) is 0 Å². The molecule has 2 N–H and O–H groups in total. The van der Waals surface area contributed by atoms with Gasteiger partial charge in [-0.1, -0.05) is 30.3 Å². The van der Waals surface area contributed by atoms with Gasteiger partial charge < -0.3 is 14.6 Å². The van der Waals surface area contributed by atoms with E-state index >= 15 is 0 Å². The van der Waals surface area contributed by atoms with Crippen LogP contribution in [0.25, 0.3) is 0 Å². The molecule has 0 saturated carbocycles. The summed E-state index contributed by atoms with van der Waals surface area (Å²) in [7, 11) is -0.948. The molecule has 0 bridgehead atoms. The van der Waals surface area contributed by atoms with Gasteiger partial charge in [0.05, 0.1) is 13.2 Å². The Morgan fingerprint density at radius 1 is 1.16 bits per heavy atom. The number of carbonyl (C=O) groups excluding carboxylic acids is 1. The standard InChI is InChI=1S/C21H23FN4O4S/c1-14(25-31(28,29)18-11-7-5-9-16(18)22)21(27)24-19(20-23-12-13-26(20)2)15-8-4-6-10-17(15)30-3/h4-14,19,25H,1-3H3,(H,24,27)/t14-,19+/m1/s1. The maximum atomic E-state index is 13.9. The summed E-state index contributed by atoms with van der Waals surface area (Å²) in [6, 6.07) is 10.2. The van der Waals surface area contributed by atoms with Crippen LogP contribution in [0.2, 0.25) is 0 Å². The van der Waals surface area contributed by atoms with Crippen LogP contribution in [-0.2, 0) is 21.9 Å². The Hall–Kier alpha value is -3.24. The van der Waals surface area contributed by atoms with Crippen LogP contribution in [0, 0.1) is 5.82 Å². The van der Waals surface area contributed by atoms with E-state index in [0.717, 1.165) is 12.1 Å². The predicted octanol–water partition coefficient (Wildman–Crippen LogP) is 2.14. The van der Waals surface area contributed by atoms with Gasteiger partial charge in [-0.15, -0.1) is 0 Å². The summed E-state index contributed by atoms with van der Waals surface area (Å²) in [6.45, 7) is 1.38. The molecule has 164 valence electrons. The van der Waals surface area contributed by atoms with E-state index in [1.165, 1.54) is 26.2 Å². The second-order valence-electron chi connectivity index (χ2n) is 6.85. The molecular weight excluding hydrogens is 423 g/mol. The van der Waals surface area contributed by atoms with Gasteiger partial charge in [-0.2, -0.15) is 4.72 Å². The fourth-order valence-electron chi connectivity index (χ4n) is 3.12. The molecule has 3 aromatic rings. The molecule has 2 atom stereocenters. The normalized spacial score (nSPS) is 13.4. The Bertz CT molecular complexity index is 1180. The molecule has 3 rings (SSSR count). The Morgan fingerprint density at radius 3 is 2.48 bits per heavy atom. The quantitative estimate of drug-likeness (QED) is 0.552. The minimum atomic E-state index is -4.24. The monoisotopic (exact) mass is 446 g/mol. The topological polar surface area (TPSA) is 102 Å². The molecule has 1 amide bonds. The predicted molar refractivity (Wildman–Crippen MR) is 112 cm³/mol. The van der Waals surface area contributed by atoms with Gasteiger partial charge >= 0.3 is 0 Å². The number of halogens is 1. The number of carbonyl (C=O) groups is 1. The fourth-order valence-corrected chi connectivity index (χ4v) is 4.40. The summed E-state index contributed by atoms with van der Waals surface area (Å²) in [6.07, 6.45) is 3.32. The van der Waals surface area contributed by atoms with Crippen molar-refractivity contribution < 1.29 is 22.3 Å². The van der Waals surface area contributed by atoms with Crippen molar-refractivity contribution in [2.75, 3.05) is 7.11 Å². The number of rotatable bonds is 8. The highest BCUT2D eigenvalue weighted by Crippen LogP contribution is 2.29. The number of ether oxygens (including phenoxy) is 1. The second kappa shape index (κ2) is 9.27. The molecule has 0 aliphatic rings. The maximum absolute atomic E-state index is 13.9. The largest absolute Gasteiger partial charge is 0.496 e. The molecule has 31 heavy (non-hydrogen) atoms. The van der Waals surface area contributed by atoms with Crippen LogP contribution in [0.1, 0.15) is 24.4 Å². The zero-order valence-electron chi connectivity index (χ0n) is 17.2. The fraction of sp³-hybridized carbons (Fsp3) is 0.238. The van der Waals surface area contributed by atoms with Crippen LogP contribution in [0.3, 0.4) is 0 Å². The molecule has 0 fully saturated rings. The number of aryl methyl sites for hydroxylation is 1. The number of amides is 1. The number of hydrogen-bond donors (Lipinski definition) is 2. The Balaban J connectivity index is 1.87. The van der Waals surface area contributed by atoms with Crippen LogP contribution < -0.4 is 14.8 Å². The van der Waals surface area contributed by atoms with E-state index in [4.69, 9.17) is 4.74 Å². The third-order valence-corrected chi connectivity index (χ3v) is 6.28. The van der Waals surface area contributed by atoms with Gasteiger partial charge in [0.1, 0.15) is 28.3 Å². The van der Waals surface area contributed by atoms with Gasteiger partial charge in [0, 0.05) is 25.0 Å². The minimum Gasteiger partial charge on any atom is -0.496 e. The van der Waals surface area contributed by atoms with Crippen LogP contribution in [0.5, 0.6) is 5.75 Å². The number of benzene rings is 2. The molecule has 10 heteroatoms. The number of sulfonamides is 1. The summed E-state index contributed by atoms with van der Waals surface area (Å²) in [5.74, 6) is -0.446. The summed E-state index contributed by atoms with van der Waals surface area (Å²) in [4.78, 5) is 16.7. The van der Waals surface area contributed by atoms with Crippen molar-refractivity contribution in [3.05, 3.63) is 78.1 Å². The summed E-state index contributed by atoms with van der Waals surface area (Å²) in [5.41, 5.74) is 0.650. The molecule has 1 aromatic heterocycles. The van der Waals surface area contributed by atoms with Gasteiger partial charge in [0.2, 0.25) is 15.9 Å². The third kappa shape index (κ3) is 4.92. The van der Waals surface area contributed by atoms with E-state index in [1.807, 2.05) is 0 Å². The molecule has 1 heterocycles. The summed E-state index contributed by atoms with van der Waals surface area (Å²) in [5, 5.41) is 2.82. The molecule has 0 aliphatic heterocycles. The zero-order valence-corrected chi connectivity index (χ0v) is 18.1. The maximum Gasteiger partial charge on any atom is 0.244 e. The van der Waals surface area contributed by atoms with E-state index in [1.54, 1.807) is 48.3 Å². The van der Waals surface area contributed by atoms with Crippen molar-refractivity contribution in [2.24, 2.45) is 7.05 Å². The first-order valence-corrected chi connectivity index (χ1v) is 10.9. The van der Waals surface area contributed by atoms with Gasteiger partial charge in [-0.05, 0) is 25.1 Å². The van der Waals surface area contributed by atoms with Crippen LogP contribution in [-0.4, -0.2) is 37.0 Å². The third-order valence-electron chi connectivity index (χ3n) is 4.70. The first-order chi connectivity index (χ1) is 14.7. The summed E-state index contributed by atoms with van der Waals surface area (Å²) < 4.78 is 48.4. The number of imidazole rings is 1. The lowest BCUT2D eigenvalue weighted by Gasteiger charge is -2.23. The molecular formula is C21H23FN4O4S. The molecule has 0 unspecified atom stereocenters. The van der Waals surface area contributed by atoms with E-state index in [2.05, 4.69) is 15.0 Å². The van der Waals surface area contributed by atoms with Crippen LogP contribution >= 0.6 is 0 Å².